The number of hydrogen-bond acceptors (Lipinski definition) is 4. The number of carbonyl (C=O) groups excluding carboxylic acids is 1. The lowest BCUT2D eigenvalue weighted by atomic mass is 10.1. The van der Waals surface area contributed by atoms with Crippen molar-refractivity contribution < 1.29 is 9.53 Å². The topological polar surface area (TPSA) is 55.6 Å². The molecule has 1 rings (SSSR count). The highest BCUT2D eigenvalue weighted by Gasteiger charge is 2.18. The Hall–Kier alpha value is -0.450. The molecule has 1 saturated heterocycles. The molecule has 0 aromatic heterocycles. The first-order chi connectivity index (χ1) is 6.24. The van der Waals surface area contributed by atoms with Crippen LogP contribution < -0.4 is 5.73 Å². The van der Waals surface area contributed by atoms with E-state index in [9.17, 15) is 4.79 Å². The number of ketones is 1. The van der Waals surface area contributed by atoms with Crippen LogP contribution in [0.15, 0.2) is 0 Å². The molecule has 4 heteroatoms. The van der Waals surface area contributed by atoms with Crippen molar-refractivity contribution in [3.8, 4) is 0 Å². The summed E-state index contributed by atoms with van der Waals surface area (Å²) in [5.74, 6) is 0.187. The highest BCUT2D eigenvalue weighted by molar-refractivity contribution is 5.78. The van der Waals surface area contributed by atoms with Gasteiger partial charge in [-0.15, -0.1) is 0 Å². The molecule has 1 unspecified atom stereocenters. The monoisotopic (exact) mass is 186 g/mol. The Bertz CT molecular complexity index is 167. The zero-order valence-corrected chi connectivity index (χ0v) is 8.16. The maximum Gasteiger partial charge on any atom is 0.135 e. The molecule has 1 aliphatic rings. The number of rotatable bonds is 4. The standard InChI is InChI=1S/C9H18N2O2/c1-8(12)9(6-10)7-11-2-4-13-5-3-11/h9H,2-7,10H2,1H3. The number of Topliss-reactive ketones (excluding diaryl/α,β-unsaturated/α-hetero) is 1. The van der Waals surface area contributed by atoms with E-state index in [0.29, 0.717) is 6.54 Å². The summed E-state index contributed by atoms with van der Waals surface area (Å²) in [5.41, 5.74) is 5.51. The zero-order valence-electron chi connectivity index (χ0n) is 8.16. The third-order valence-corrected chi connectivity index (χ3v) is 2.44. The summed E-state index contributed by atoms with van der Waals surface area (Å²) in [4.78, 5) is 13.3. The van der Waals surface area contributed by atoms with Crippen LogP contribution in [0.4, 0.5) is 0 Å². The molecule has 1 fully saturated rings. The van der Waals surface area contributed by atoms with Gasteiger partial charge in [0, 0.05) is 32.1 Å². The Kier molecular flexibility index (Phi) is 4.35. The van der Waals surface area contributed by atoms with Gasteiger partial charge in [-0.05, 0) is 6.92 Å². The number of morpholine rings is 1. The van der Waals surface area contributed by atoms with Crippen LogP contribution in [0.5, 0.6) is 0 Å². The van der Waals surface area contributed by atoms with E-state index in [4.69, 9.17) is 10.5 Å². The van der Waals surface area contributed by atoms with Crippen molar-refractivity contribution in [1.29, 1.82) is 0 Å². The predicted molar refractivity (Wildman–Crippen MR) is 50.5 cm³/mol. The van der Waals surface area contributed by atoms with Crippen molar-refractivity contribution in [2.24, 2.45) is 11.7 Å². The molecule has 2 N–H and O–H groups in total. The molecule has 76 valence electrons. The summed E-state index contributed by atoms with van der Waals surface area (Å²) in [6, 6.07) is 0. The predicted octanol–water partition coefficient (Wildman–Crippen LogP) is -0.517. The fraction of sp³-hybridized carbons (Fsp3) is 0.889. The second-order valence-electron chi connectivity index (χ2n) is 3.46. The molecule has 0 aromatic carbocycles. The van der Waals surface area contributed by atoms with E-state index in [2.05, 4.69) is 4.90 Å². The average molecular weight is 186 g/mol. The molecule has 0 saturated carbocycles. The lowest BCUT2D eigenvalue weighted by Gasteiger charge is -2.29. The van der Waals surface area contributed by atoms with Crippen LogP contribution in [0.3, 0.4) is 0 Å². The van der Waals surface area contributed by atoms with E-state index in [1.165, 1.54) is 0 Å². The van der Waals surface area contributed by atoms with Crippen molar-refractivity contribution in [3.63, 3.8) is 0 Å². The SMILES string of the molecule is CC(=O)C(CN)CN1CCOCC1. The minimum Gasteiger partial charge on any atom is -0.379 e. The second kappa shape index (κ2) is 5.32. The van der Waals surface area contributed by atoms with E-state index < -0.39 is 0 Å². The fourth-order valence-electron chi connectivity index (χ4n) is 1.46. The molecule has 13 heavy (non-hydrogen) atoms. The maximum absolute atomic E-state index is 11.1. The normalized spacial score (nSPS) is 21.4. The summed E-state index contributed by atoms with van der Waals surface area (Å²) in [5, 5.41) is 0. The third-order valence-electron chi connectivity index (χ3n) is 2.44. The minimum absolute atomic E-state index is 0.00176. The van der Waals surface area contributed by atoms with Crippen LogP contribution in [-0.2, 0) is 9.53 Å². The number of nitrogens with zero attached hydrogens (tertiary/aromatic N) is 1. The van der Waals surface area contributed by atoms with E-state index in [1.807, 2.05) is 0 Å². The van der Waals surface area contributed by atoms with Crippen molar-refractivity contribution in [2.45, 2.75) is 6.92 Å². The summed E-state index contributed by atoms with van der Waals surface area (Å²) in [6.07, 6.45) is 0. The molecule has 0 bridgehead atoms. The van der Waals surface area contributed by atoms with Gasteiger partial charge < -0.3 is 10.5 Å². The summed E-state index contributed by atoms with van der Waals surface area (Å²) in [7, 11) is 0. The van der Waals surface area contributed by atoms with Gasteiger partial charge in [-0.25, -0.2) is 0 Å². The Labute approximate surface area is 79.0 Å². The number of carbonyl (C=O) groups is 1. The van der Waals surface area contributed by atoms with Crippen molar-refractivity contribution in [2.75, 3.05) is 39.4 Å². The summed E-state index contributed by atoms with van der Waals surface area (Å²) >= 11 is 0. The molecule has 0 aromatic rings. The Morgan fingerprint density at radius 3 is 2.62 bits per heavy atom. The first-order valence-electron chi connectivity index (χ1n) is 4.74. The second-order valence-corrected chi connectivity index (χ2v) is 3.46. The van der Waals surface area contributed by atoms with Gasteiger partial charge in [0.15, 0.2) is 0 Å². The highest BCUT2D eigenvalue weighted by atomic mass is 16.5. The van der Waals surface area contributed by atoms with Crippen molar-refractivity contribution in [1.82, 2.24) is 4.90 Å². The molecule has 4 nitrogen and oxygen atoms in total. The maximum atomic E-state index is 11.1. The molecule has 0 spiro atoms. The van der Waals surface area contributed by atoms with E-state index >= 15 is 0 Å². The summed E-state index contributed by atoms with van der Waals surface area (Å²) < 4.78 is 5.22. The smallest absolute Gasteiger partial charge is 0.135 e. The lowest BCUT2D eigenvalue weighted by molar-refractivity contribution is -0.121. The minimum atomic E-state index is -0.00176. The average Bonchev–Trinajstić information content (AvgIpc) is 2.15. The van der Waals surface area contributed by atoms with Crippen LogP contribution in [0.2, 0.25) is 0 Å². The lowest BCUT2D eigenvalue weighted by Crippen LogP contribution is -2.42. The van der Waals surface area contributed by atoms with Gasteiger partial charge in [0.1, 0.15) is 5.78 Å². The van der Waals surface area contributed by atoms with Gasteiger partial charge in [-0.2, -0.15) is 0 Å². The number of ether oxygens (including phenoxy) is 1. The van der Waals surface area contributed by atoms with Crippen molar-refractivity contribution in [3.05, 3.63) is 0 Å². The van der Waals surface area contributed by atoms with E-state index in [0.717, 1.165) is 32.8 Å². The van der Waals surface area contributed by atoms with Crippen LogP contribution in [0, 0.1) is 5.92 Å². The fourth-order valence-corrected chi connectivity index (χ4v) is 1.46. The molecule has 1 atom stereocenters. The van der Waals surface area contributed by atoms with Crippen LogP contribution in [-0.4, -0.2) is 50.1 Å². The van der Waals surface area contributed by atoms with Gasteiger partial charge in [-0.3, -0.25) is 9.69 Å². The zero-order chi connectivity index (χ0) is 9.68. The van der Waals surface area contributed by atoms with E-state index in [1.54, 1.807) is 6.92 Å². The number of nitrogens with two attached hydrogens (primary N) is 1. The molecule has 1 heterocycles. The molecular weight excluding hydrogens is 168 g/mol. The highest BCUT2D eigenvalue weighted by Crippen LogP contribution is 2.03. The molecule has 1 aliphatic heterocycles. The van der Waals surface area contributed by atoms with Crippen LogP contribution >= 0.6 is 0 Å². The largest absolute Gasteiger partial charge is 0.379 e. The van der Waals surface area contributed by atoms with E-state index in [-0.39, 0.29) is 11.7 Å². The van der Waals surface area contributed by atoms with Gasteiger partial charge >= 0.3 is 0 Å². The quantitative estimate of drug-likeness (QED) is 0.642. The summed E-state index contributed by atoms with van der Waals surface area (Å²) in [6.45, 7) is 6.23. The molecule has 0 aliphatic carbocycles. The van der Waals surface area contributed by atoms with Crippen LogP contribution in [0.1, 0.15) is 6.92 Å². The van der Waals surface area contributed by atoms with Gasteiger partial charge in [0.25, 0.3) is 0 Å². The molecule has 0 amide bonds. The van der Waals surface area contributed by atoms with Gasteiger partial charge in [-0.1, -0.05) is 0 Å². The molecular formula is C9H18N2O2. The van der Waals surface area contributed by atoms with Gasteiger partial charge in [0.05, 0.1) is 13.2 Å². The van der Waals surface area contributed by atoms with Gasteiger partial charge in [0.2, 0.25) is 0 Å². The van der Waals surface area contributed by atoms with Crippen LogP contribution in [0.25, 0.3) is 0 Å². The first-order valence-corrected chi connectivity index (χ1v) is 4.74. The first kappa shape index (κ1) is 10.6. The molecule has 0 radical (unpaired) electrons. The Balaban J connectivity index is 2.31. The number of hydrogen-bond donors (Lipinski definition) is 1. The third kappa shape index (κ3) is 3.42. The Morgan fingerprint density at radius 2 is 2.15 bits per heavy atom. The Morgan fingerprint density at radius 1 is 1.54 bits per heavy atom. The van der Waals surface area contributed by atoms with Crippen molar-refractivity contribution >= 4 is 5.78 Å².